The summed E-state index contributed by atoms with van der Waals surface area (Å²) in [6.07, 6.45) is 0.820. The Kier molecular flexibility index (Phi) is 6.18. The minimum absolute atomic E-state index is 0.224. The Bertz CT molecular complexity index is 291. The smallest absolute Gasteiger partial charge is 0.409 e. The summed E-state index contributed by atoms with van der Waals surface area (Å²) in [6.45, 7) is 9.34. The fourth-order valence-corrected chi connectivity index (χ4v) is 2.09. The fraction of sp³-hybridized carbons (Fsp3) is 0.833. The van der Waals surface area contributed by atoms with Crippen LogP contribution in [0, 0.1) is 0 Å². The van der Waals surface area contributed by atoms with E-state index in [4.69, 9.17) is 17.0 Å². The molecular formula is C12H23N3O2S. The lowest BCUT2D eigenvalue weighted by molar-refractivity contribution is 0.0918. The summed E-state index contributed by atoms with van der Waals surface area (Å²) < 4.78 is 4.98. The van der Waals surface area contributed by atoms with Gasteiger partial charge in [0.05, 0.1) is 6.61 Å². The van der Waals surface area contributed by atoms with E-state index in [-0.39, 0.29) is 6.09 Å². The van der Waals surface area contributed by atoms with Crippen molar-refractivity contribution in [2.75, 3.05) is 32.8 Å². The average Bonchev–Trinajstić information content (AvgIpc) is 2.39. The maximum atomic E-state index is 11.5. The van der Waals surface area contributed by atoms with Crippen LogP contribution in [0.15, 0.2) is 0 Å². The summed E-state index contributed by atoms with van der Waals surface area (Å²) in [4.78, 5) is 15.4. The lowest BCUT2D eigenvalue weighted by Gasteiger charge is -2.36. The highest BCUT2D eigenvalue weighted by Gasteiger charge is 2.23. The van der Waals surface area contributed by atoms with Crippen molar-refractivity contribution in [2.45, 2.75) is 33.2 Å². The second-order valence-corrected chi connectivity index (χ2v) is 4.82. The Morgan fingerprint density at radius 3 is 2.33 bits per heavy atom. The molecule has 0 aliphatic carbocycles. The topological polar surface area (TPSA) is 44.8 Å². The average molecular weight is 273 g/mol. The minimum Gasteiger partial charge on any atom is -0.450 e. The van der Waals surface area contributed by atoms with Crippen LogP contribution in [0.5, 0.6) is 0 Å². The molecule has 1 atom stereocenters. The van der Waals surface area contributed by atoms with Gasteiger partial charge in [0, 0.05) is 32.2 Å². The first-order valence-corrected chi connectivity index (χ1v) is 6.96. The predicted molar refractivity (Wildman–Crippen MR) is 75.7 cm³/mol. The van der Waals surface area contributed by atoms with Crippen LogP contribution in [0.25, 0.3) is 0 Å². The maximum absolute atomic E-state index is 11.5. The lowest BCUT2D eigenvalue weighted by atomic mass is 10.2. The van der Waals surface area contributed by atoms with Gasteiger partial charge in [-0.05, 0) is 32.5 Å². The molecule has 5 nitrogen and oxygen atoms in total. The predicted octanol–water partition coefficient (Wildman–Crippen LogP) is 1.43. The minimum atomic E-state index is -0.224. The number of carbonyl (C=O) groups excluding carboxylic acids is 1. The van der Waals surface area contributed by atoms with Crippen molar-refractivity contribution < 1.29 is 9.53 Å². The third-order valence-electron chi connectivity index (χ3n) is 3.08. The summed E-state index contributed by atoms with van der Waals surface area (Å²) in [7, 11) is 0. The quantitative estimate of drug-likeness (QED) is 0.788. The van der Waals surface area contributed by atoms with E-state index < -0.39 is 0 Å². The third kappa shape index (κ3) is 4.33. The second kappa shape index (κ2) is 7.41. The van der Waals surface area contributed by atoms with Crippen molar-refractivity contribution in [1.82, 2.24) is 15.1 Å². The second-order valence-electron chi connectivity index (χ2n) is 4.43. The molecule has 1 rings (SSSR count). The first-order chi connectivity index (χ1) is 8.58. The van der Waals surface area contributed by atoms with Crippen LogP contribution in [0.3, 0.4) is 0 Å². The van der Waals surface area contributed by atoms with E-state index in [0.717, 1.165) is 24.6 Å². The number of ether oxygens (including phenoxy) is 1. The Hall–Kier alpha value is -1.04. The molecule has 1 amide bonds. The molecule has 1 heterocycles. The molecule has 104 valence electrons. The van der Waals surface area contributed by atoms with Crippen LogP contribution in [0.1, 0.15) is 27.2 Å². The molecule has 0 aromatic rings. The molecule has 0 bridgehead atoms. The highest BCUT2D eigenvalue weighted by atomic mass is 32.1. The SMILES string of the molecule is CCOC(=O)N1CCN(C(=S)N[C@@H](C)CC)CC1. The summed E-state index contributed by atoms with van der Waals surface area (Å²) >= 11 is 5.35. The molecule has 1 saturated heterocycles. The number of hydrogen-bond acceptors (Lipinski definition) is 3. The first-order valence-electron chi connectivity index (χ1n) is 6.55. The number of rotatable bonds is 3. The van der Waals surface area contributed by atoms with Crippen molar-refractivity contribution in [1.29, 1.82) is 0 Å². The molecule has 1 aliphatic heterocycles. The zero-order valence-electron chi connectivity index (χ0n) is 11.4. The van der Waals surface area contributed by atoms with Crippen LogP contribution >= 0.6 is 12.2 Å². The largest absolute Gasteiger partial charge is 0.450 e. The normalized spacial score (nSPS) is 17.3. The van der Waals surface area contributed by atoms with Crippen molar-refractivity contribution in [3.63, 3.8) is 0 Å². The van der Waals surface area contributed by atoms with Crippen LogP contribution < -0.4 is 5.32 Å². The number of hydrogen-bond donors (Lipinski definition) is 1. The molecular weight excluding hydrogens is 250 g/mol. The summed E-state index contributed by atoms with van der Waals surface area (Å²) in [5, 5.41) is 4.08. The molecule has 1 fully saturated rings. The van der Waals surface area contributed by atoms with Crippen molar-refractivity contribution >= 4 is 23.4 Å². The number of nitrogens with zero attached hydrogens (tertiary/aromatic N) is 2. The van der Waals surface area contributed by atoms with Crippen LogP contribution in [-0.2, 0) is 4.74 Å². The number of amides is 1. The number of carbonyl (C=O) groups is 1. The molecule has 0 unspecified atom stereocenters. The molecule has 1 aliphatic rings. The van der Waals surface area contributed by atoms with Crippen molar-refractivity contribution in [3.05, 3.63) is 0 Å². The molecule has 0 radical (unpaired) electrons. The summed E-state index contributed by atoms with van der Waals surface area (Å²) in [6, 6.07) is 0.389. The zero-order valence-corrected chi connectivity index (χ0v) is 12.3. The maximum Gasteiger partial charge on any atom is 0.409 e. The monoisotopic (exact) mass is 273 g/mol. The molecule has 0 spiro atoms. The van der Waals surface area contributed by atoms with Gasteiger partial charge < -0.3 is 19.9 Å². The molecule has 0 saturated carbocycles. The number of nitrogens with one attached hydrogen (secondary N) is 1. The van der Waals surface area contributed by atoms with Gasteiger partial charge in [-0.3, -0.25) is 0 Å². The van der Waals surface area contributed by atoms with Crippen molar-refractivity contribution in [3.8, 4) is 0 Å². The van der Waals surface area contributed by atoms with E-state index in [1.807, 2.05) is 6.92 Å². The Labute approximate surface area is 114 Å². The molecule has 18 heavy (non-hydrogen) atoms. The Morgan fingerprint density at radius 2 is 1.83 bits per heavy atom. The summed E-state index contributed by atoms with van der Waals surface area (Å²) in [5.41, 5.74) is 0. The van der Waals surface area contributed by atoms with E-state index in [0.29, 0.717) is 25.7 Å². The van der Waals surface area contributed by atoms with Gasteiger partial charge in [-0.15, -0.1) is 0 Å². The standard InChI is InChI=1S/C12H23N3O2S/c1-4-10(3)13-11(18)14-6-8-15(9-7-14)12(16)17-5-2/h10H,4-9H2,1-3H3,(H,13,18)/t10-/m0/s1. The lowest BCUT2D eigenvalue weighted by Crippen LogP contribution is -2.54. The van der Waals surface area contributed by atoms with Gasteiger partial charge in [-0.1, -0.05) is 6.92 Å². The highest BCUT2D eigenvalue weighted by Crippen LogP contribution is 2.05. The number of piperazine rings is 1. The molecule has 6 heteroatoms. The van der Waals surface area contributed by atoms with E-state index in [1.54, 1.807) is 4.90 Å². The van der Waals surface area contributed by atoms with Gasteiger partial charge in [0.25, 0.3) is 0 Å². The van der Waals surface area contributed by atoms with Gasteiger partial charge in [0.2, 0.25) is 0 Å². The zero-order chi connectivity index (χ0) is 13.5. The van der Waals surface area contributed by atoms with E-state index in [9.17, 15) is 4.79 Å². The van der Waals surface area contributed by atoms with E-state index in [1.165, 1.54) is 0 Å². The third-order valence-corrected chi connectivity index (χ3v) is 3.45. The molecule has 1 N–H and O–H groups in total. The van der Waals surface area contributed by atoms with Crippen LogP contribution in [0.2, 0.25) is 0 Å². The van der Waals surface area contributed by atoms with Crippen molar-refractivity contribution in [2.24, 2.45) is 0 Å². The van der Waals surface area contributed by atoms with Gasteiger partial charge >= 0.3 is 6.09 Å². The molecule has 0 aromatic carbocycles. The first kappa shape index (κ1) is 15.0. The Balaban J connectivity index is 2.34. The van der Waals surface area contributed by atoms with Gasteiger partial charge in [-0.25, -0.2) is 4.79 Å². The van der Waals surface area contributed by atoms with Gasteiger partial charge in [0.15, 0.2) is 5.11 Å². The highest BCUT2D eigenvalue weighted by molar-refractivity contribution is 7.80. The summed E-state index contributed by atoms with van der Waals surface area (Å²) in [5.74, 6) is 0. The van der Waals surface area contributed by atoms with Crippen LogP contribution in [-0.4, -0.2) is 59.8 Å². The fourth-order valence-electron chi connectivity index (χ4n) is 1.71. The van der Waals surface area contributed by atoms with Gasteiger partial charge in [0.1, 0.15) is 0 Å². The Morgan fingerprint density at radius 1 is 1.28 bits per heavy atom. The van der Waals surface area contributed by atoms with Gasteiger partial charge in [-0.2, -0.15) is 0 Å². The van der Waals surface area contributed by atoms with E-state index >= 15 is 0 Å². The molecule has 0 aromatic heterocycles. The van der Waals surface area contributed by atoms with Crippen LogP contribution in [0.4, 0.5) is 4.79 Å². The number of thiocarbonyl (C=S) groups is 1. The van der Waals surface area contributed by atoms with E-state index in [2.05, 4.69) is 24.1 Å².